The van der Waals surface area contributed by atoms with Crippen molar-refractivity contribution < 1.29 is 56.1 Å². The number of benzene rings is 6. The summed E-state index contributed by atoms with van der Waals surface area (Å²) in [4.78, 5) is 63.4. The molecule has 4 aliphatic rings. The summed E-state index contributed by atoms with van der Waals surface area (Å²) in [5.74, 6) is -4.84. The van der Waals surface area contributed by atoms with Crippen molar-refractivity contribution >= 4 is 85.5 Å². The maximum atomic E-state index is 13.7. The van der Waals surface area contributed by atoms with Gasteiger partial charge in [-0.15, -0.1) is 0 Å². The number of carboxylic acid groups (broad SMARTS) is 1. The summed E-state index contributed by atoms with van der Waals surface area (Å²) >= 11 is 2.99. The Bertz CT molecular complexity index is 3620. The highest BCUT2D eigenvalue weighted by molar-refractivity contribution is 9.09. The highest BCUT2D eigenvalue weighted by atomic mass is 79.9. The van der Waals surface area contributed by atoms with Crippen molar-refractivity contribution in [2.24, 2.45) is 21.5 Å². The van der Waals surface area contributed by atoms with Crippen molar-refractivity contribution in [3.05, 3.63) is 177 Å². The molecule has 0 aromatic heterocycles. The number of carboxylic acids is 1. The number of aliphatic carboxylic acids is 1. The normalized spacial score (nSPS) is 16.1. The minimum Gasteiger partial charge on any atom is -0.480 e. The SMILES string of the molecule is CC(C)(C)OC(=O)CBr.NC(=NC(=O)c1ccc(N2CCN(CC(=O)O)CC2)cc1NC1CCOCC1)c1cc(Cc2cc(F)cc(F)c2)ccc1N.NC(=NC(=O)c1ccc(N2CCNCC2)cc1NC1CCOCC1)c1cc(Cc2cc(F)cc(F)c2)ccc1N. The molecular weight excluding hydrogens is 1270 g/mol. The first kappa shape index (κ1) is 70.3. The van der Waals surface area contributed by atoms with Crippen molar-refractivity contribution in [2.75, 3.05) is 123 Å². The molecule has 4 heterocycles. The van der Waals surface area contributed by atoms with Gasteiger partial charge >= 0.3 is 11.9 Å². The lowest BCUT2D eigenvalue weighted by Gasteiger charge is -2.35. The van der Waals surface area contributed by atoms with Gasteiger partial charge in [-0.1, -0.05) is 28.1 Å². The van der Waals surface area contributed by atoms with Gasteiger partial charge in [0.2, 0.25) is 0 Å². The average molecular weight is 1350 g/mol. The number of aliphatic imine (C=N–C) groups is 2. The molecule has 6 aromatic rings. The number of anilines is 6. The minimum atomic E-state index is -0.848. The van der Waals surface area contributed by atoms with Crippen LogP contribution in [0.5, 0.6) is 0 Å². The molecule has 20 nitrogen and oxygen atoms in total. The highest BCUT2D eigenvalue weighted by Gasteiger charge is 2.25. The maximum absolute atomic E-state index is 13.7. The molecule has 10 rings (SSSR count). The zero-order chi connectivity index (χ0) is 66.8. The van der Waals surface area contributed by atoms with Crippen LogP contribution >= 0.6 is 15.9 Å². The number of carbonyl (C=O) groups excluding carboxylic acids is 3. The number of ether oxygens (including phenoxy) is 3. The van der Waals surface area contributed by atoms with E-state index >= 15 is 0 Å². The van der Waals surface area contributed by atoms with Gasteiger partial charge < -0.3 is 68.0 Å². The van der Waals surface area contributed by atoms with Crippen molar-refractivity contribution in [3.63, 3.8) is 0 Å². The molecule has 12 N–H and O–H groups in total. The lowest BCUT2D eigenvalue weighted by atomic mass is 10.0. The number of rotatable bonds is 17. The molecule has 0 atom stereocenters. The average Bonchev–Trinajstić information content (AvgIpc) is 1.05. The quantitative estimate of drug-likeness (QED) is 0.0106. The fraction of sp³-hybridized carbons (Fsp3) is 0.382. The van der Waals surface area contributed by atoms with Crippen LogP contribution in [0.3, 0.4) is 0 Å². The first-order valence-electron chi connectivity index (χ1n) is 30.8. The van der Waals surface area contributed by atoms with E-state index in [1.54, 1.807) is 48.5 Å². The third-order valence-electron chi connectivity index (χ3n) is 15.6. The minimum absolute atomic E-state index is 0.00798. The second-order valence-corrected chi connectivity index (χ2v) is 24.6. The number of nitrogen functional groups attached to an aromatic ring is 2. The second-order valence-electron chi connectivity index (χ2n) is 24.0. The molecule has 0 aliphatic carbocycles. The first-order chi connectivity index (χ1) is 44.4. The Kier molecular flexibility index (Phi) is 25.1. The molecule has 6 aromatic carbocycles. The molecule has 0 spiro atoms. The molecule has 2 amide bonds. The van der Waals surface area contributed by atoms with E-state index < -0.39 is 41.1 Å². The number of amidine groups is 2. The second kappa shape index (κ2) is 33.3. The van der Waals surface area contributed by atoms with Crippen LogP contribution in [0.4, 0.5) is 51.7 Å². The molecule has 496 valence electrons. The van der Waals surface area contributed by atoms with Crippen LogP contribution in [0, 0.1) is 23.3 Å². The van der Waals surface area contributed by atoms with Gasteiger partial charge in [0.1, 0.15) is 45.9 Å². The molecule has 0 saturated carbocycles. The summed E-state index contributed by atoms with van der Waals surface area (Å²) in [6, 6.07) is 28.3. The van der Waals surface area contributed by atoms with Gasteiger partial charge in [0.05, 0.1) is 17.7 Å². The summed E-state index contributed by atoms with van der Waals surface area (Å²) in [7, 11) is 0. The van der Waals surface area contributed by atoms with E-state index in [0.717, 1.165) is 80.9 Å². The molecule has 0 unspecified atom stereocenters. The molecule has 4 saturated heterocycles. The number of nitrogens with one attached hydrogen (secondary N) is 3. The Morgan fingerprint density at radius 3 is 1.37 bits per heavy atom. The monoisotopic (exact) mass is 1350 g/mol. The number of nitrogens with zero attached hydrogens (tertiary/aromatic N) is 5. The molecule has 4 fully saturated rings. The molecular formula is C68H81BrF4N12O8. The van der Waals surface area contributed by atoms with Crippen molar-refractivity contribution in [3.8, 4) is 0 Å². The number of nitrogens with two attached hydrogens (primary N) is 4. The fourth-order valence-corrected chi connectivity index (χ4v) is 11.2. The van der Waals surface area contributed by atoms with E-state index in [0.29, 0.717) is 114 Å². The predicted octanol–water partition coefficient (Wildman–Crippen LogP) is 8.89. The zero-order valence-corrected chi connectivity index (χ0v) is 54.0. The topological polar surface area (TPSA) is 291 Å². The van der Waals surface area contributed by atoms with Crippen LogP contribution < -0.4 is 48.7 Å². The third kappa shape index (κ3) is 21.5. The Morgan fingerprint density at radius 1 is 0.581 bits per heavy atom. The largest absolute Gasteiger partial charge is 0.480 e. The van der Waals surface area contributed by atoms with Gasteiger partial charge in [0, 0.05) is 148 Å². The zero-order valence-electron chi connectivity index (χ0n) is 52.4. The van der Waals surface area contributed by atoms with Gasteiger partial charge in [-0.05, 0) is 166 Å². The number of hydrogen-bond acceptors (Lipinski definition) is 15. The van der Waals surface area contributed by atoms with Gasteiger partial charge in [0.25, 0.3) is 11.8 Å². The van der Waals surface area contributed by atoms with Crippen molar-refractivity contribution in [1.82, 2.24) is 10.2 Å². The van der Waals surface area contributed by atoms with E-state index in [1.807, 2.05) is 49.9 Å². The smallest absolute Gasteiger partial charge is 0.317 e. The van der Waals surface area contributed by atoms with Crippen LogP contribution in [-0.2, 0) is 36.6 Å². The van der Waals surface area contributed by atoms with Crippen LogP contribution in [0.1, 0.15) is 101 Å². The number of hydrogen-bond donors (Lipinski definition) is 8. The predicted molar refractivity (Wildman–Crippen MR) is 359 cm³/mol. The lowest BCUT2D eigenvalue weighted by Crippen LogP contribution is -2.48. The Labute approximate surface area is 547 Å². The number of halogens is 5. The van der Waals surface area contributed by atoms with E-state index in [-0.39, 0.29) is 60.0 Å². The van der Waals surface area contributed by atoms with Crippen LogP contribution in [-0.4, -0.2) is 154 Å². The number of piperazine rings is 2. The van der Waals surface area contributed by atoms with Crippen LogP contribution in [0.2, 0.25) is 0 Å². The standard InChI is InChI=1S/C32H36F2N6O4.C30H34F2N6O2.C6H11BrO2/c33-22-14-21(15-23(34)17-22)13-20-1-4-28(35)27(16-20)31(36)38-32(43)26-3-2-25(18-29(26)37-24-5-11-44-12-6-24)40-9-7-39(8-10-40)19-30(41)42;31-21-14-20(15-22(32)17-21)13-19-1-4-27(33)26(16-19)29(34)37-30(39)25-3-2-24(38-9-7-35-8-10-38)18-28(25)36-23-5-11-40-12-6-23;1-6(2,3)9-5(8)4-7/h1-4,14-18,24,37H,5-13,19,35H2,(H,41,42)(H2,36,38,43);1-4,14-18,23,35-36H,5-13,33H2,(H2,34,37,39);4H2,1-3H3. The van der Waals surface area contributed by atoms with E-state index in [1.165, 1.54) is 24.3 Å². The molecule has 93 heavy (non-hydrogen) atoms. The van der Waals surface area contributed by atoms with Gasteiger partial charge in [0.15, 0.2) is 0 Å². The number of amides is 2. The molecule has 4 aliphatic heterocycles. The maximum Gasteiger partial charge on any atom is 0.317 e. The lowest BCUT2D eigenvalue weighted by molar-refractivity contribution is -0.151. The van der Waals surface area contributed by atoms with Gasteiger partial charge in [-0.3, -0.25) is 24.1 Å². The van der Waals surface area contributed by atoms with Crippen LogP contribution in [0.25, 0.3) is 0 Å². The molecule has 0 radical (unpaired) electrons. The van der Waals surface area contributed by atoms with E-state index in [9.17, 15) is 36.7 Å². The summed E-state index contributed by atoms with van der Waals surface area (Å²) in [5, 5.41) is 19.8. The number of esters is 1. The summed E-state index contributed by atoms with van der Waals surface area (Å²) < 4.78 is 70.6. The van der Waals surface area contributed by atoms with E-state index in [2.05, 4.69) is 51.7 Å². The highest BCUT2D eigenvalue weighted by Crippen LogP contribution is 2.31. The Morgan fingerprint density at radius 2 is 0.989 bits per heavy atom. The van der Waals surface area contributed by atoms with E-state index in [4.69, 9.17) is 42.3 Å². The number of carbonyl (C=O) groups is 4. The third-order valence-corrected chi connectivity index (χ3v) is 16.1. The van der Waals surface area contributed by atoms with Gasteiger partial charge in [-0.2, -0.15) is 9.98 Å². The number of alkyl halides is 1. The fourth-order valence-electron chi connectivity index (χ4n) is 11.1. The van der Waals surface area contributed by atoms with Crippen molar-refractivity contribution in [2.45, 2.75) is 77.0 Å². The Balaban J connectivity index is 0.000000212. The summed E-state index contributed by atoms with van der Waals surface area (Å²) in [5.41, 5.74) is 32.4. The Hall–Kier alpha value is -8.62. The van der Waals surface area contributed by atoms with Crippen molar-refractivity contribution in [1.29, 1.82) is 0 Å². The molecule has 0 bridgehead atoms. The summed E-state index contributed by atoms with van der Waals surface area (Å²) in [6.07, 6.45) is 3.75. The van der Waals surface area contributed by atoms with Crippen LogP contribution in [0.15, 0.2) is 119 Å². The first-order valence-corrected chi connectivity index (χ1v) is 31.9. The molecule has 25 heteroatoms. The summed E-state index contributed by atoms with van der Waals surface area (Å²) in [6.45, 7) is 14.2. The van der Waals surface area contributed by atoms with Gasteiger partial charge in [-0.25, -0.2) is 17.6 Å².